The number of benzene rings is 2. The maximum Gasteiger partial charge on any atom is 0.344 e. The number of para-hydroxylation sites is 2. The molecule has 2 aromatic rings. The molecule has 27 heavy (non-hydrogen) atoms. The summed E-state index contributed by atoms with van der Waals surface area (Å²) in [5.41, 5.74) is 0.698. The Hall–Kier alpha value is -3.42. The van der Waals surface area contributed by atoms with Gasteiger partial charge in [-0.25, -0.2) is 4.79 Å². The molecule has 0 fully saturated rings. The predicted octanol–water partition coefficient (Wildman–Crippen LogP) is 2.56. The number of carbonyl (C=O) groups is 2. The minimum Gasteiger partial charge on any atom is -0.475 e. The van der Waals surface area contributed by atoms with Crippen LogP contribution in [0.4, 0.5) is 5.69 Å². The summed E-state index contributed by atoms with van der Waals surface area (Å²) in [6, 6.07) is 15.1. The Balaban J connectivity index is 1.86. The lowest BCUT2D eigenvalue weighted by Gasteiger charge is -2.21. The molecule has 0 saturated carbocycles. The number of hydrogen-bond acceptors (Lipinski definition) is 6. The van der Waals surface area contributed by atoms with E-state index in [1.807, 2.05) is 30.3 Å². The fourth-order valence-corrected chi connectivity index (χ4v) is 2.39. The van der Waals surface area contributed by atoms with Crippen molar-refractivity contribution in [1.82, 2.24) is 4.90 Å². The van der Waals surface area contributed by atoms with Gasteiger partial charge in [0.2, 0.25) is 0 Å². The van der Waals surface area contributed by atoms with E-state index in [-0.39, 0.29) is 17.3 Å². The first-order valence-electron chi connectivity index (χ1n) is 8.23. The molecule has 142 valence electrons. The van der Waals surface area contributed by atoms with E-state index in [1.165, 1.54) is 30.0 Å². The molecule has 2 rings (SSSR count). The van der Waals surface area contributed by atoms with E-state index in [4.69, 9.17) is 9.47 Å². The zero-order valence-electron chi connectivity index (χ0n) is 15.0. The van der Waals surface area contributed by atoms with E-state index in [9.17, 15) is 19.7 Å². The monoisotopic (exact) mass is 372 g/mol. The molecule has 0 heterocycles. The third kappa shape index (κ3) is 5.81. The fraction of sp³-hybridized carbons (Fsp3) is 0.263. The Kier molecular flexibility index (Phi) is 6.87. The van der Waals surface area contributed by atoms with Gasteiger partial charge in [0.1, 0.15) is 0 Å². The first-order chi connectivity index (χ1) is 12.9. The molecule has 0 radical (unpaired) electrons. The Labute approximate surface area is 156 Å². The molecule has 0 aliphatic carbocycles. The number of ether oxygens (including phenoxy) is 2. The largest absolute Gasteiger partial charge is 0.475 e. The maximum absolute atomic E-state index is 12.3. The summed E-state index contributed by atoms with van der Waals surface area (Å²) in [5, 5.41) is 10.9. The van der Waals surface area contributed by atoms with Crippen LogP contribution in [0, 0.1) is 10.1 Å². The molecule has 0 N–H and O–H groups in total. The lowest BCUT2D eigenvalue weighted by atomic mass is 10.2. The van der Waals surface area contributed by atoms with Crippen LogP contribution in [0.3, 0.4) is 0 Å². The van der Waals surface area contributed by atoms with Gasteiger partial charge in [-0.3, -0.25) is 14.9 Å². The Bertz CT molecular complexity index is 809. The van der Waals surface area contributed by atoms with Gasteiger partial charge in [-0.15, -0.1) is 0 Å². The van der Waals surface area contributed by atoms with Crippen molar-refractivity contribution in [3.63, 3.8) is 0 Å². The molecule has 0 unspecified atom stereocenters. The highest BCUT2D eigenvalue weighted by molar-refractivity contribution is 5.83. The van der Waals surface area contributed by atoms with Crippen molar-refractivity contribution in [3.05, 3.63) is 70.3 Å². The number of amides is 1. The van der Waals surface area contributed by atoms with Gasteiger partial charge in [0, 0.05) is 19.7 Å². The molecular weight excluding hydrogens is 352 g/mol. The van der Waals surface area contributed by atoms with Gasteiger partial charge in [-0.05, 0) is 18.6 Å². The second-order valence-electron chi connectivity index (χ2n) is 5.83. The van der Waals surface area contributed by atoms with Crippen LogP contribution in [-0.4, -0.2) is 41.5 Å². The summed E-state index contributed by atoms with van der Waals surface area (Å²) in [6.07, 6.45) is -0.999. The van der Waals surface area contributed by atoms with Crippen LogP contribution >= 0.6 is 0 Å². The molecule has 1 amide bonds. The smallest absolute Gasteiger partial charge is 0.344 e. The number of nitro benzene ring substituents is 1. The van der Waals surface area contributed by atoms with Crippen LogP contribution in [0.2, 0.25) is 0 Å². The molecule has 2 aromatic carbocycles. The van der Waals surface area contributed by atoms with Gasteiger partial charge in [-0.2, -0.15) is 0 Å². The highest BCUT2D eigenvalue weighted by Gasteiger charge is 2.22. The van der Waals surface area contributed by atoms with E-state index in [2.05, 4.69) is 0 Å². The molecular formula is C19H20N2O6. The van der Waals surface area contributed by atoms with Crippen molar-refractivity contribution in [2.45, 2.75) is 19.6 Å². The van der Waals surface area contributed by atoms with E-state index in [0.29, 0.717) is 6.54 Å². The Morgan fingerprint density at radius 3 is 2.41 bits per heavy atom. The van der Waals surface area contributed by atoms with Crippen LogP contribution in [0.25, 0.3) is 0 Å². The van der Waals surface area contributed by atoms with Crippen LogP contribution in [0.1, 0.15) is 12.5 Å². The van der Waals surface area contributed by atoms with Crippen LogP contribution < -0.4 is 4.74 Å². The normalized spacial score (nSPS) is 11.3. The van der Waals surface area contributed by atoms with Gasteiger partial charge in [-0.1, -0.05) is 42.5 Å². The topological polar surface area (TPSA) is 99.0 Å². The van der Waals surface area contributed by atoms with Crippen molar-refractivity contribution in [2.24, 2.45) is 0 Å². The number of esters is 1. The molecule has 0 aromatic heterocycles. The first kappa shape index (κ1) is 19.9. The second kappa shape index (κ2) is 9.33. The van der Waals surface area contributed by atoms with E-state index < -0.39 is 23.6 Å². The van der Waals surface area contributed by atoms with Gasteiger partial charge < -0.3 is 14.4 Å². The zero-order valence-corrected chi connectivity index (χ0v) is 15.0. The van der Waals surface area contributed by atoms with Crippen molar-refractivity contribution in [2.75, 3.05) is 13.7 Å². The summed E-state index contributed by atoms with van der Waals surface area (Å²) in [4.78, 5) is 36.0. The van der Waals surface area contributed by atoms with E-state index >= 15 is 0 Å². The third-order valence-corrected chi connectivity index (χ3v) is 3.70. The summed E-state index contributed by atoms with van der Waals surface area (Å²) in [7, 11) is 1.61. The molecule has 0 bridgehead atoms. The van der Waals surface area contributed by atoms with E-state index in [0.717, 1.165) is 5.56 Å². The number of hydrogen-bond donors (Lipinski definition) is 0. The number of carbonyl (C=O) groups excluding carboxylic acids is 2. The maximum atomic E-state index is 12.3. The van der Waals surface area contributed by atoms with Gasteiger partial charge in [0.25, 0.3) is 5.91 Å². The third-order valence-electron chi connectivity index (χ3n) is 3.70. The number of likely N-dealkylation sites (N-methyl/N-ethyl adjacent to an activating group) is 1. The average Bonchev–Trinajstić information content (AvgIpc) is 2.66. The lowest BCUT2D eigenvalue weighted by molar-refractivity contribution is -0.385. The summed E-state index contributed by atoms with van der Waals surface area (Å²) >= 11 is 0. The molecule has 0 spiro atoms. The van der Waals surface area contributed by atoms with E-state index in [1.54, 1.807) is 13.1 Å². The number of rotatable bonds is 8. The highest BCUT2D eigenvalue weighted by Crippen LogP contribution is 2.25. The van der Waals surface area contributed by atoms with Gasteiger partial charge >= 0.3 is 11.7 Å². The van der Waals surface area contributed by atoms with Crippen LogP contribution in [0.15, 0.2) is 54.6 Å². The van der Waals surface area contributed by atoms with Crippen LogP contribution in [0.5, 0.6) is 5.75 Å². The molecule has 0 aliphatic heterocycles. The van der Waals surface area contributed by atoms with Crippen LogP contribution in [-0.2, 0) is 20.9 Å². The quantitative estimate of drug-likeness (QED) is 0.401. The highest BCUT2D eigenvalue weighted by atomic mass is 16.6. The second-order valence-corrected chi connectivity index (χ2v) is 5.83. The number of nitro groups is 1. The van der Waals surface area contributed by atoms with Crippen molar-refractivity contribution in [1.29, 1.82) is 0 Å². The zero-order chi connectivity index (χ0) is 19.8. The summed E-state index contributed by atoms with van der Waals surface area (Å²) in [5.74, 6) is -1.19. The minimum absolute atomic E-state index is 0.0420. The van der Waals surface area contributed by atoms with Crippen molar-refractivity contribution < 1.29 is 24.0 Å². The fourth-order valence-electron chi connectivity index (χ4n) is 2.39. The predicted molar refractivity (Wildman–Crippen MR) is 97.1 cm³/mol. The molecule has 8 heteroatoms. The molecule has 8 nitrogen and oxygen atoms in total. The van der Waals surface area contributed by atoms with Gasteiger partial charge in [0.05, 0.1) is 4.92 Å². The Morgan fingerprint density at radius 1 is 1.11 bits per heavy atom. The lowest BCUT2D eigenvalue weighted by Crippen LogP contribution is -2.37. The van der Waals surface area contributed by atoms with Crippen molar-refractivity contribution >= 4 is 17.6 Å². The first-order valence-corrected chi connectivity index (χ1v) is 8.23. The molecule has 1 atom stereocenters. The Morgan fingerprint density at radius 2 is 1.74 bits per heavy atom. The number of nitrogens with zero attached hydrogens (tertiary/aromatic N) is 2. The average molecular weight is 372 g/mol. The van der Waals surface area contributed by atoms with Crippen molar-refractivity contribution in [3.8, 4) is 5.75 Å². The minimum atomic E-state index is -0.999. The SMILES string of the molecule is C[C@H](OC(=O)COc1ccccc1[N+](=O)[O-])C(=O)N(C)Cc1ccccc1. The van der Waals surface area contributed by atoms with Gasteiger partial charge in [0.15, 0.2) is 18.5 Å². The standard InChI is InChI=1S/C19H20N2O6/c1-14(19(23)20(2)12-15-8-4-3-5-9-15)27-18(22)13-26-17-11-7-6-10-16(17)21(24)25/h3-11,14H,12-13H2,1-2H3/t14-/m0/s1. The summed E-state index contributed by atoms with van der Waals surface area (Å²) < 4.78 is 10.2. The molecule has 0 aliphatic rings. The summed E-state index contributed by atoms with van der Waals surface area (Å²) in [6.45, 7) is 1.31. The molecule has 0 saturated heterocycles.